The number of hydrogen-bond acceptors (Lipinski definition) is 6. The Balaban J connectivity index is 1.79. The van der Waals surface area contributed by atoms with Gasteiger partial charge in [-0.15, -0.1) is 0 Å². The third kappa shape index (κ3) is 7.60. The van der Waals surface area contributed by atoms with Crippen molar-refractivity contribution in [3.8, 4) is 0 Å². The smallest absolute Gasteiger partial charge is 0.411 e. The number of aryl methyl sites for hydroxylation is 1. The van der Waals surface area contributed by atoms with Gasteiger partial charge in [0, 0.05) is 44.6 Å². The molecular weight excluding hydrogens is 450 g/mol. The van der Waals surface area contributed by atoms with Gasteiger partial charge in [-0.05, 0) is 67.2 Å². The van der Waals surface area contributed by atoms with Crippen LogP contribution >= 0.6 is 0 Å². The maximum Gasteiger partial charge on any atom is 0.411 e. The topological polar surface area (TPSA) is 97.2 Å². The molecule has 0 radical (unpaired) electrons. The number of rotatable bonds is 4. The first-order valence-corrected chi connectivity index (χ1v) is 12.6. The second kappa shape index (κ2) is 10.9. The summed E-state index contributed by atoms with van der Waals surface area (Å²) in [6.07, 6.45) is 8.12. The number of piperazine rings is 1. The molecular formula is C25H41N5O5. The summed E-state index contributed by atoms with van der Waals surface area (Å²) in [7, 11) is 0. The summed E-state index contributed by atoms with van der Waals surface area (Å²) in [5.41, 5.74) is -1.34. The SMILES string of the molecule is CC(C)(C)OC(=O)N1CCN(C(=O)OC(C)(C)C)C(C(=O)N2CCCCC2CCn2ccnc2)C1. The summed E-state index contributed by atoms with van der Waals surface area (Å²) in [6, 6.07) is -0.754. The quantitative estimate of drug-likeness (QED) is 0.639. The van der Waals surface area contributed by atoms with Crippen LogP contribution in [0.2, 0.25) is 0 Å². The minimum atomic E-state index is -0.819. The predicted octanol–water partition coefficient (Wildman–Crippen LogP) is 3.51. The first-order chi connectivity index (χ1) is 16.3. The normalized spacial score (nSPS) is 21.6. The Morgan fingerprint density at radius 1 is 0.914 bits per heavy atom. The van der Waals surface area contributed by atoms with Gasteiger partial charge in [0.25, 0.3) is 0 Å². The first-order valence-electron chi connectivity index (χ1n) is 12.6. The summed E-state index contributed by atoms with van der Waals surface area (Å²) in [5, 5.41) is 0. The number of likely N-dealkylation sites (tertiary alicyclic amines) is 1. The summed E-state index contributed by atoms with van der Waals surface area (Å²) < 4.78 is 13.2. The van der Waals surface area contributed by atoms with Crippen molar-refractivity contribution in [3.05, 3.63) is 18.7 Å². The molecule has 3 heterocycles. The number of carbonyl (C=O) groups excluding carboxylic acids is 3. The van der Waals surface area contributed by atoms with Crippen LogP contribution in [0.25, 0.3) is 0 Å². The fraction of sp³-hybridized carbons (Fsp3) is 0.760. The molecule has 2 aliphatic heterocycles. The molecule has 0 spiro atoms. The molecule has 35 heavy (non-hydrogen) atoms. The Morgan fingerprint density at radius 2 is 1.60 bits per heavy atom. The van der Waals surface area contributed by atoms with Gasteiger partial charge < -0.3 is 23.8 Å². The summed E-state index contributed by atoms with van der Waals surface area (Å²) in [4.78, 5) is 48.8. The van der Waals surface area contributed by atoms with Gasteiger partial charge in [-0.1, -0.05) is 0 Å². The zero-order valence-corrected chi connectivity index (χ0v) is 22.0. The third-order valence-electron chi connectivity index (χ3n) is 6.14. The summed E-state index contributed by atoms with van der Waals surface area (Å²) in [6.45, 7) is 12.8. The molecule has 1 aromatic rings. The van der Waals surface area contributed by atoms with Crippen molar-refractivity contribution in [3.63, 3.8) is 0 Å². The van der Waals surface area contributed by atoms with E-state index >= 15 is 0 Å². The fourth-order valence-corrected chi connectivity index (χ4v) is 4.53. The zero-order chi connectivity index (χ0) is 25.8. The Morgan fingerprint density at radius 3 is 2.23 bits per heavy atom. The van der Waals surface area contributed by atoms with E-state index in [0.717, 1.165) is 32.2 Å². The van der Waals surface area contributed by atoms with Crippen molar-refractivity contribution in [1.82, 2.24) is 24.3 Å². The van der Waals surface area contributed by atoms with E-state index in [9.17, 15) is 14.4 Å². The second-order valence-electron chi connectivity index (χ2n) is 11.4. The Hall–Kier alpha value is -2.78. The van der Waals surface area contributed by atoms with E-state index in [0.29, 0.717) is 6.54 Å². The summed E-state index contributed by atoms with van der Waals surface area (Å²) in [5.74, 6) is -0.139. The van der Waals surface area contributed by atoms with Crippen LogP contribution in [0.5, 0.6) is 0 Å². The van der Waals surface area contributed by atoms with Gasteiger partial charge in [0.2, 0.25) is 5.91 Å². The lowest BCUT2D eigenvalue weighted by atomic mass is 9.97. The van der Waals surface area contributed by atoms with Crippen molar-refractivity contribution < 1.29 is 23.9 Å². The fourth-order valence-electron chi connectivity index (χ4n) is 4.53. The second-order valence-corrected chi connectivity index (χ2v) is 11.4. The molecule has 0 aromatic carbocycles. The van der Waals surface area contributed by atoms with Crippen LogP contribution in [0.4, 0.5) is 9.59 Å². The molecule has 3 amide bonds. The molecule has 1 aromatic heterocycles. The zero-order valence-electron chi connectivity index (χ0n) is 22.0. The van der Waals surface area contributed by atoms with Crippen LogP contribution in [0.1, 0.15) is 67.2 Å². The standard InChI is InChI=1S/C25H41N5O5/c1-24(2,3)34-22(32)28-15-16-30(23(33)35-25(4,5)6)20(17-28)21(31)29-12-8-7-9-19(29)10-13-27-14-11-26-18-27/h11,14,18-20H,7-10,12-13,15-17H2,1-6H3. The van der Waals surface area contributed by atoms with Gasteiger partial charge in [0.1, 0.15) is 17.2 Å². The maximum atomic E-state index is 13.9. The van der Waals surface area contributed by atoms with Crippen LogP contribution in [0.3, 0.4) is 0 Å². The van der Waals surface area contributed by atoms with Crippen LogP contribution in [-0.4, -0.2) is 91.8 Å². The van der Waals surface area contributed by atoms with Crippen LogP contribution in [-0.2, 0) is 20.8 Å². The molecule has 2 fully saturated rings. The average Bonchev–Trinajstić information content (AvgIpc) is 3.28. The molecule has 0 bridgehead atoms. The van der Waals surface area contributed by atoms with Crippen molar-refractivity contribution >= 4 is 18.1 Å². The van der Waals surface area contributed by atoms with E-state index in [1.807, 2.05) is 36.4 Å². The lowest BCUT2D eigenvalue weighted by Crippen LogP contribution is -2.64. The van der Waals surface area contributed by atoms with Crippen molar-refractivity contribution in [2.24, 2.45) is 0 Å². The Labute approximate surface area is 208 Å². The Kier molecular flexibility index (Phi) is 8.33. The van der Waals surface area contributed by atoms with Gasteiger partial charge in [-0.3, -0.25) is 9.69 Å². The van der Waals surface area contributed by atoms with Gasteiger partial charge in [0.05, 0.1) is 12.9 Å². The molecule has 2 atom stereocenters. The molecule has 3 rings (SSSR count). The molecule has 10 nitrogen and oxygen atoms in total. The van der Waals surface area contributed by atoms with E-state index in [1.54, 1.807) is 33.3 Å². The third-order valence-corrected chi connectivity index (χ3v) is 6.14. The highest BCUT2D eigenvalue weighted by molar-refractivity contribution is 5.87. The molecule has 196 valence electrons. The number of aromatic nitrogens is 2. The van der Waals surface area contributed by atoms with Gasteiger partial charge >= 0.3 is 12.2 Å². The largest absolute Gasteiger partial charge is 0.444 e. The minimum Gasteiger partial charge on any atom is -0.444 e. The molecule has 2 unspecified atom stereocenters. The lowest BCUT2D eigenvalue weighted by Gasteiger charge is -2.45. The number of imidazole rings is 1. The van der Waals surface area contributed by atoms with Crippen molar-refractivity contribution in [1.29, 1.82) is 0 Å². The number of nitrogens with zero attached hydrogens (tertiary/aromatic N) is 5. The van der Waals surface area contributed by atoms with Crippen molar-refractivity contribution in [2.45, 2.75) is 97.1 Å². The summed E-state index contributed by atoms with van der Waals surface area (Å²) >= 11 is 0. The molecule has 0 aliphatic carbocycles. The number of carbonyl (C=O) groups is 3. The number of ether oxygens (including phenoxy) is 2. The highest BCUT2D eigenvalue weighted by atomic mass is 16.6. The van der Waals surface area contributed by atoms with E-state index in [2.05, 4.69) is 4.98 Å². The molecule has 2 aliphatic rings. The van der Waals surface area contributed by atoms with Crippen LogP contribution < -0.4 is 0 Å². The minimum absolute atomic E-state index is 0.0658. The number of piperidine rings is 1. The van der Waals surface area contributed by atoms with Crippen LogP contribution in [0, 0.1) is 0 Å². The van der Waals surface area contributed by atoms with Crippen molar-refractivity contribution in [2.75, 3.05) is 26.2 Å². The highest BCUT2D eigenvalue weighted by Gasteiger charge is 2.43. The highest BCUT2D eigenvalue weighted by Crippen LogP contribution is 2.25. The van der Waals surface area contributed by atoms with Gasteiger partial charge in [0.15, 0.2) is 0 Å². The van der Waals surface area contributed by atoms with E-state index in [-0.39, 0.29) is 31.6 Å². The average molecular weight is 492 g/mol. The predicted molar refractivity (Wildman–Crippen MR) is 131 cm³/mol. The van der Waals surface area contributed by atoms with E-state index in [1.165, 1.54) is 9.80 Å². The molecule has 0 N–H and O–H groups in total. The monoisotopic (exact) mass is 491 g/mol. The van der Waals surface area contributed by atoms with Crippen LogP contribution in [0.15, 0.2) is 18.7 Å². The van der Waals surface area contributed by atoms with Gasteiger partial charge in [-0.25, -0.2) is 14.6 Å². The molecule has 2 saturated heterocycles. The van der Waals surface area contributed by atoms with Gasteiger partial charge in [-0.2, -0.15) is 0 Å². The Bertz CT molecular complexity index is 874. The number of hydrogen-bond donors (Lipinski definition) is 0. The number of amides is 3. The first kappa shape index (κ1) is 26.8. The molecule has 0 saturated carbocycles. The van der Waals surface area contributed by atoms with E-state index < -0.39 is 29.4 Å². The lowest BCUT2D eigenvalue weighted by molar-refractivity contribution is -0.143. The molecule has 10 heteroatoms. The maximum absolute atomic E-state index is 13.9. The van der Waals surface area contributed by atoms with E-state index in [4.69, 9.17) is 9.47 Å².